The Morgan fingerprint density at radius 2 is 1.65 bits per heavy atom. The Labute approximate surface area is 134 Å². The van der Waals surface area contributed by atoms with Crippen molar-refractivity contribution in [1.29, 1.82) is 0 Å². The van der Waals surface area contributed by atoms with Crippen molar-refractivity contribution in [2.45, 2.75) is 39.8 Å². The second-order valence-corrected chi connectivity index (χ2v) is 7.45. The molecule has 0 aliphatic heterocycles. The van der Waals surface area contributed by atoms with Gasteiger partial charge in [-0.15, -0.1) is 11.3 Å². The van der Waals surface area contributed by atoms with Crippen LogP contribution in [0.5, 0.6) is 0 Å². The van der Waals surface area contributed by atoms with Crippen LogP contribution in [0.2, 0.25) is 10.0 Å². The molecule has 0 bridgehead atoms. The van der Waals surface area contributed by atoms with Crippen LogP contribution in [-0.4, -0.2) is 0 Å². The summed E-state index contributed by atoms with van der Waals surface area (Å²) < 4.78 is 0. The van der Waals surface area contributed by atoms with Gasteiger partial charge in [0.2, 0.25) is 0 Å². The highest BCUT2D eigenvalue weighted by molar-refractivity contribution is 7.12. The molecule has 0 spiro atoms. The fourth-order valence-corrected chi connectivity index (χ4v) is 3.97. The molecule has 0 amide bonds. The van der Waals surface area contributed by atoms with E-state index < -0.39 is 0 Å². The van der Waals surface area contributed by atoms with Gasteiger partial charge >= 0.3 is 0 Å². The Morgan fingerprint density at radius 1 is 1.00 bits per heavy atom. The molecule has 0 aliphatic rings. The third kappa shape index (κ3) is 3.56. The molecule has 4 heteroatoms. The molecular formula is C16H19Cl2NS. The van der Waals surface area contributed by atoms with Gasteiger partial charge in [-0.1, -0.05) is 23.2 Å². The van der Waals surface area contributed by atoms with E-state index in [1.165, 1.54) is 15.3 Å². The summed E-state index contributed by atoms with van der Waals surface area (Å²) in [6.07, 6.45) is 0. The van der Waals surface area contributed by atoms with E-state index in [0.29, 0.717) is 5.02 Å². The van der Waals surface area contributed by atoms with Crippen molar-refractivity contribution in [3.63, 3.8) is 0 Å². The van der Waals surface area contributed by atoms with Crippen LogP contribution in [0.1, 0.15) is 46.8 Å². The summed E-state index contributed by atoms with van der Waals surface area (Å²) in [5, 5.41) is 5.06. The minimum atomic E-state index is 0.149. The van der Waals surface area contributed by atoms with Crippen molar-refractivity contribution < 1.29 is 0 Å². The highest BCUT2D eigenvalue weighted by Gasteiger charge is 2.16. The topological polar surface area (TPSA) is 12.0 Å². The Bertz CT molecular complexity index is 607. The van der Waals surface area contributed by atoms with Gasteiger partial charge in [-0.3, -0.25) is 0 Å². The highest BCUT2D eigenvalue weighted by atomic mass is 35.5. The molecule has 2 aromatic rings. The fourth-order valence-electron chi connectivity index (χ4n) is 2.48. The summed E-state index contributed by atoms with van der Waals surface area (Å²) in [7, 11) is 0. The maximum atomic E-state index is 6.26. The van der Waals surface area contributed by atoms with Gasteiger partial charge in [0.05, 0.1) is 0 Å². The predicted molar refractivity (Wildman–Crippen MR) is 90.2 cm³/mol. The zero-order chi connectivity index (χ0) is 14.9. The molecule has 0 radical (unpaired) electrons. The molecule has 1 aromatic carbocycles. The minimum Gasteiger partial charge on any atom is -0.304 e. The monoisotopic (exact) mass is 327 g/mol. The van der Waals surface area contributed by atoms with E-state index >= 15 is 0 Å². The van der Waals surface area contributed by atoms with Crippen molar-refractivity contribution in [2.75, 3.05) is 0 Å². The molecule has 2 unspecified atom stereocenters. The third-order valence-corrected chi connectivity index (χ3v) is 5.03. The summed E-state index contributed by atoms with van der Waals surface area (Å²) in [6.45, 7) is 8.61. The first-order valence-corrected chi connectivity index (χ1v) is 8.23. The van der Waals surface area contributed by atoms with Gasteiger partial charge in [0.15, 0.2) is 0 Å². The average Bonchev–Trinajstić information content (AvgIpc) is 2.71. The maximum absolute atomic E-state index is 6.26. The van der Waals surface area contributed by atoms with E-state index in [1.54, 1.807) is 0 Å². The van der Waals surface area contributed by atoms with Gasteiger partial charge in [0.25, 0.3) is 0 Å². The van der Waals surface area contributed by atoms with E-state index in [-0.39, 0.29) is 12.1 Å². The largest absolute Gasteiger partial charge is 0.304 e. The third-order valence-electron chi connectivity index (χ3n) is 3.47. The Balaban J connectivity index is 2.17. The lowest BCUT2D eigenvalue weighted by Gasteiger charge is -2.21. The first-order valence-electron chi connectivity index (χ1n) is 6.66. The molecule has 0 saturated carbocycles. The Hall–Kier alpha value is -0.540. The second kappa shape index (κ2) is 6.48. The van der Waals surface area contributed by atoms with Crippen molar-refractivity contribution in [2.24, 2.45) is 0 Å². The number of thiophene rings is 1. The quantitative estimate of drug-likeness (QED) is 0.717. The lowest BCUT2D eigenvalue weighted by Crippen LogP contribution is -2.22. The van der Waals surface area contributed by atoms with E-state index in [0.717, 1.165) is 10.6 Å². The molecule has 1 heterocycles. The zero-order valence-electron chi connectivity index (χ0n) is 12.1. The summed E-state index contributed by atoms with van der Waals surface area (Å²) in [5.74, 6) is 0. The van der Waals surface area contributed by atoms with Crippen LogP contribution in [0, 0.1) is 13.8 Å². The maximum Gasteiger partial charge on any atom is 0.0454 e. The van der Waals surface area contributed by atoms with Crippen LogP contribution in [0.15, 0.2) is 24.3 Å². The van der Waals surface area contributed by atoms with E-state index in [1.807, 2.05) is 29.5 Å². The highest BCUT2D eigenvalue weighted by Crippen LogP contribution is 2.30. The standard InChI is InChI=1S/C16H19Cl2NS/c1-9-7-14(12(4)20-9)10(2)19-11(3)15-8-13(17)5-6-16(15)18/h5-8,10-11,19H,1-4H3. The van der Waals surface area contributed by atoms with Crippen molar-refractivity contribution >= 4 is 34.5 Å². The zero-order valence-corrected chi connectivity index (χ0v) is 14.5. The normalized spacial score (nSPS) is 14.3. The van der Waals surface area contributed by atoms with Crippen LogP contribution < -0.4 is 5.32 Å². The van der Waals surface area contributed by atoms with Gasteiger partial charge in [0, 0.05) is 31.9 Å². The SMILES string of the molecule is Cc1cc(C(C)NC(C)c2cc(Cl)ccc2Cl)c(C)s1. The second-order valence-electron chi connectivity index (χ2n) is 5.14. The molecule has 1 nitrogen and oxygen atoms in total. The number of benzene rings is 1. The van der Waals surface area contributed by atoms with E-state index in [2.05, 4.69) is 39.1 Å². The molecular weight excluding hydrogens is 309 g/mol. The smallest absolute Gasteiger partial charge is 0.0454 e. The molecule has 108 valence electrons. The summed E-state index contributed by atoms with van der Waals surface area (Å²) in [4.78, 5) is 2.71. The first-order chi connectivity index (χ1) is 9.38. The molecule has 20 heavy (non-hydrogen) atoms. The molecule has 2 rings (SSSR count). The van der Waals surface area contributed by atoms with Crippen LogP contribution >= 0.6 is 34.5 Å². The van der Waals surface area contributed by atoms with Crippen molar-refractivity contribution in [3.05, 3.63) is 55.2 Å². The van der Waals surface area contributed by atoms with Crippen molar-refractivity contribution in [3.8, 4) is 0 Å². The number of hydrogen-bond acceptors (Lipinski definition) is 2. The van der Waals surface area contributed by atoms with Crippen molar-refractivity contribution in [1.82, 2.24) is 5.32 Å². The molecule has 2 atom stereocenters. The fraction of sp³-hybridized carbons (Fsp3) is 0.375. The number of aryl methyl sites for hydroxylation is 2. The van der Waals surface area contributed by atoms with E-state index in [9.17, 15) is 0 Å². The molecule has 1 N–H and O–H groups in total. The average molecular weight is 328 g/mol. The first kappa shape index (κ1) is 15.8. The number of rotatable bonds is 4. The van der Waals surface area contributed by atoms with Gasteiger partial charge in [-0.25, -0.2) is 0 Å². The van der Waals surface area contributed by atoms with Crippen LogP contribution in [0.3, 0.4) is 0 Å². The summed E-state index contributed by atoms with van der Waals surface area (Å²) in [5.41, 5.74) is 2.40. The Kier molecular flexibility index (Phi) is 5.14. The van der Waals surface area contributed by atoms with Crippen LogP contribution in [-0.2, 0) is 0 Å². The summed E-state index contributed by atoms with van der Waals surface area (Å²) >= 11 is 14.2. The van der Waals surface area contributed by atoms with Gasteiger partial charge in [0.1, 0.15) is 0 Å². The number of halogens is 2. The molecule has 0 fully saturated rings. The lowest BCUT2D eigenvalue weighted by atomic mass is 10.0. The Morgan fingerprint density at radius 3 is 2.25 bits per heavy atom. The number of hydrogen-bond donors (Lipinski definition) is 1. The predicted octanol–water partition coefficient (Wildman–Crippen LogP) is 6.08. The van der Waals surface area contributed by atoms with E-state index in [4.69, 9.17) is 23.2 Å². The minimum absolute atomic E-state index is 0.149. The van der Waals surface area contributed by atoms with Gasteiger partial charge in [-0.2, -0.15) is 0 Å². The lowest BCUT2D eigenvalue weighted by molar-refractivity contribution is 0.494. The molecule has 0 saturated heterocycles. The summed E-state index contributed by atoms with van der Waals surface area (Å²) in [6, 6.07) is 8.28. The molecule has 0 aliphatic carbocycles. The van der Waals surface area contributed by atoms with Crippen LogP contribution in [0.4, 0.5) is 0 Å². The van der Waals surface area contributed by atoms with Gasteiger partial charge in [-0.05, 0) is 63.1 Å². The van der Waals surface area contributed by atoms with Gasteiger partial charge < -0.3 is 5.32 Å². The molecule has 1 aromatic heterocycles. The number of nitrogens with one attached hydrogen (secondary N) is 1. The van der Waals surface area contributed by atoms with Crippen LogP contribution in [0.25, 0.3) is 0 Å².